The van der Waals surface area contributed by atoms with Crippen molar-refractivity contribution in [3.63, 3.8) is 0 Å². The lowest BCUT2D eigenvalue weighted by Crippen LogP contribution is -2.26. The molecule has 1 amide bonds. The summed E-state index contributed by atoms with van der Waals surface area (Å²) in [5, 5.41) is 6.64. The lowest BCUT2D eigenvalue weighted by Gasteiger charge is -2.09. The Hall–Kier alpha value is -3.13. The van der Waals surface area contributed by atoms with Crippen LogP contribution in [0.15, 0.2) is 64.0 Å². The minimum Gasteiger partial charge on any atom is -0.489 e. The smallest absolute Gasteiger partial charge is 0.251 e. The van der Waals surface area contributed by atoms with Crippen LogP contribution in [0, 0.1) is 13.8 Å². The second kappa shape index (κ2) is 9.58. The number of aryl methyl sites for hydroxylation is 2. The zero-order valence-corrected chi connectivity index (χ0v) is 17.7. The predicted molar refractivity (Wildman–Crippen MR) is 112 cm³/mol. The van der Waals surface area contributed by atoms with Crippen molar-refractivity contribution >= 4 is 15.7 Å². The standard InChI is InChI=1S/C22H24N2O5S/c1-16-21(17(2)29-24-16)15-28-19-9-6-8-18(14-19)22(25)23-12-7-13-30(26,27)20-10-4-3-5-11-20/h3-6,8-11,14H,7,12-13,15H2,1-2H3,(H,23,25). The second-order valence-electron chi connectivity index (χ2n) is 6.86. The van der Waals surface area contributed by atoms with E-state index in [1.807, 2.05) is 13.8 Å². The lowest BCUT2D eigenvalue weighted by molar-refractivity contribution is 0.0953. The van der Waals surface area contributed by atoms with Crippen molar-refractivity contribution in [1.82, 2.24) is 10.5 Å². The van der Waals surface area contributed by atoms with Crippen LogP contribution in [-0.4, -0.2) is 31.8 Å². The van der Waals surface area contributed by atoms with Gasteiger partial charge in [-0.05, 0) is 50.6 Å². The maximum absolute atomic E-state index is 12.4. The van der Waals surface area contributed by atoms with Gasteiger partial charge in [0.05, 0.1) is 21.9 Å². The number of ether oxygens (including phenoxy) is 1. The van der Waals surface area contributed by atoms with E-state index in [2.05, 4.69) is 10.5 Å². The molecule has 0 aliphatic carbocycles. The molecule has 3 aromatic rings. The van der Waals surface area contributed by atoms with Crippen molar-refractivity contribution in [2.75, 3.05) is 12.3 Å². The summed E-state index contributed by atoms with van der Waals surface area (Å²) in [5.41, 5.74) is 2.09. The van der Waals surface area contributed by atoms with Gasteiger partial charge in [0, 0.05) is 12.1 Å². The highest BCUT2D eigenvalue weighted by Crippen LogP contribution is 2.18. The van der Waals surface area contributed by atoms with E-state index in [0.29, 0.717) is 35.0 Å². The number of nitrogens with one attached hydrogen (secondary N) is 1. The number of amides is 1. The number of sulfone groups is 1. The first kappa shape index (κ1) is 21.6. The maximum atomic E-state index is 12.4. The van der Waals surface area contributed by atoms with Crippen LogP contribution in [0.1, 0.15) is 33.8 Å². The van der Waals surface area contributed by atoms with Crippen LogP contribution in [0.25, 0.3) is 0 Å². The summed E-state index contributed by atoms with van der Waals surface area (Å²) in [6, 6.07) is 15.1. The van der Waals surface area contributed by atoms with Crippen molar-refractivity contribution in [3.05, 3.63) is 77.2 Å². The number of hydrogen-bond donors (Lipinski definition) is 1. The highest BCUT2D eigenvalue weighted by Gasteiger charge is 2.14. The fourth-order valence-electron chi connectivity index (χ4n) is 2.90. The van der Waals surface area contributed by atoms with Crippen LogP contribution < -0.4 is 10.1 Å². The van der Waals surface area contributed by atoms with Crippen LogP contribution in [0.3, 0.4) is 0 Å². The molecule has 0 aliphatic rings. The first-order valence-electron chi connectivity index (χ1n) is 9.57. The molecule has 2 aromatic carbocycles. The number of benzene rings is 2. The fourth-order valence-corrected chi connectivity index (χ4v) is 4.23. The van der Waals surface area contributed by atoms with Crippen molar-refractivity contribution < 1.29 is 22.5 Å². The highest BCUT2D eigenvalue weighted by molar-refractivity contribution is 7.91. The van der Waals surface area contributed by atoms with Crippen molar-refractivity contribution in [1.29, 1.82) is 0 Å². The topological polar surface area (TPSA) is 98.5 Å². The van der Waals surface area contributed by atoms with Gasteiger partial charge < -0.3 is 14.6 Å². The number of nitrogens with zero attached hydrogens (tertiary/aromatic N) is 1. The molecule has 8 heteroatoms. The fraction of sp³-hybridized carbons (Fsp3) is 0.273. The van der Waals surface area contributed by atoms with Gasteiger partial charge in [-0.2, -0.15) is 0 Å². The van der Waals surface area contributed by atoms with Gasteiger partial charge in [-0.15, -0.1) is 0 Å². The van der Waals surface area contributed by atoms with E-state index in [1.54, 1.807) is 54.6 Å². The molecule has 0 aliphatic heterocycles. The van der Waals surface area contributed by atoms with Crippen LogP contribution in [0.4, 0.5) is 0 Å². The van der Waals surface area contributed by atoms with Gasteiger partial charge in [0.15, 0.2) is 9.84 Å². The monoisotopic (exact) mass is 428 g/mol. The normalized spacial score (nSPS) is 11.3. The van der Waals surface area contributed by atoms with Crippen LogP contribution in [-0.2, 0) is 16.4 Å². The van der Waals surface area contributed by atoms with E-state index < -0.39 is 9.84 Å². The number of aromatic nitrogens is 1. The molecule has 7 nitrogen and oxygen atoms in total. The first-order valence-corrected chi connectivity index (χ1v) is 11.2. The Morgan fingerprint density at radius 3 is 2.57 bits per heavy atom. The Balaban J connectivity index is 1.50. The SMILES string of the molecule is Cc1noc(C)c1COc1cccc(C(=O)NCCCS(=O)(=O)c2ccccc2)c1. The maximum Gasteiger partial charge on any atom is 0.251 e. The third-order valence-electron chi connectivity index (χ3n) is 4.64. The van der Waals surface area contributed by atoms with E-state index in [9.17, 15) is 13.2 Å². The van der Waals surface area contributed by atoms with E-state index in [0.717, 1.165) is 11.3 Å². The second-order valence-corrected chi connectivity index (χ2v) is 8.97. The Labute approximate surface area is 176 Å². The molecule has 3 rings (SSSR count). The van der Waals surface area contributed by atoms with Gasteiger partial charge >= 0.3 is 0 Å². The van der Waals surface area contributed by atoms with Gasteiger partial charge in [0.25, 0.3) is 5.91 Å². The minimum atomic E-state index is -3.35. The van der Waals surface area contributed by atoms with Gasteiger partial charge in [-0.1, -0.05) is 29.4 Å². The Kier molecular flexibility index (Phi) is 6.89. The van der Waals surface area contributed by atoms with E-state index in [-0.39, 0.29) is 18.2 Å². The molecular weight excluding hydrogens is 404 g/mol. The average Bonchev–Trinajstić information content (AvgIpc) is 3.07. The van der Waals surface area contributed by atoms with Crippen LogP contribution >= 0.6 is 0 Å². The highest BCUT2D eigenvalue weighted by atomic mass is 32.2. The Bertz CT molecular complexity index is 1090. The molecular formula is C22H24N2O5S. The summed E-state index contributed by atoms with van der Waals surface area (Å²) < 4.78 is 35.4. The molecule has 1 N–H and O–H groups in total. The minimum absolute atomic E-state index is 0.0299. The molecule has 0 fully saturated rings. The molecule has 158 valence electrons. The summed E-state index contributed by atoms with van der Waals surface area (Å²) in [6.07, 6.45) is 0.325. The first-order chi connectivity index (χ1) is 14.4. The van der Waals surface area contributed by atoms with Crippen molar-refractivity contribution in [2.24, 2.45) is 0 Å². The zero-order valence-electron chi connectivity index (χ0n) is 16.9. The number of carbonyl (C=O) groups is 1. The molecule has 0 radical (unpaired) electrons. The third-order valence-corrected chi connectivity index (χ3v) is 6.45. The molecule has 0 saturated carbocycles. The Morgan fingerprint density at radius 1 is 1.10 bits per heavy atom. The predicted octanol–water partition coefficient (Wildman–Crippen LogP) is 3.46. The lowest BCUT2D eigenvalue weighted by atomic mass is 10.2. The van der Waals surface area contributed by atoms with Crippen LogP contribution in [0.5, 0.6) is 5.75 Å². The summed E-state index contributed by atoms with van der Waals surface area (Å²) in [7, 11) is -3.35. The average molecular weight is 429 g/mol. The molecule has 0 unspecified atom stereocenters. The largest absolute Gasteiger partial charge is 0.489 e. The molecule has 1 aromatic heterocycles. The zero-order chi connectivity index (χ0) is 21.6. The molecule has 0 saturated heterocycles. The summed E-state index contributed by atoms with van der Waals surface area (Å²) in [4.78, 5) is 12.7. The van der Waals surface area contributed by atoms with Crippen molar-refractivity contribution in [3.8, 4) is 5.75 Å². The Morgan fingerprint density at radius 2 is 1.87 bits per heavy atom. The van der Waals surface area contributed by atoms with E-state index in [4.69, 9.17) is 9.26 Å². The molecule has 0 bridgehead atoms. The summed E-state index contributed by atoms with van der Waals surface area (Å²) >= 11 is 0. The molecule has 30 heavy (non-hydrogen) atoms. The number of hydrogen-bond acceptors (Lipinski definition) is 6. The summed E-state index contributed by atoms with van der Waals surface area (Å²) in [5.74, 6) is 0.939. The molecule has 0 spiro atoms. The van der Waals surface area contributed by atoms with Gasteiger partial charge in [0.2, 0.25) is 0 Å². The van der Waals surface area contributed by atoms with Gasteiger partial charge in [-0.25, -0.2) is 8.42 Å². The van der Waals surface area contributed by atoms with Gasteiger partial charge in [0.1, 0.15) is 18.1 Å². The molecule has 0 atom stereocenters. The third kappa shape index (κ3) is 5.48. The summed E-state index contributed by atoms with van der Waals surface area (Å²) in [6.45, 7) is 4.22. The van der Waals surface area contributed by atoms with Gasteiger partial charge in [-0.3, -0.25) is 4.79 Å². The molecule has 1 heterocycles. The van der Waals surface area contributed by atoms with E-state index >= 15 is 0 Å². The van der Waals surface area contributed by atoms with E-state index in [1.165, 1.54) is 0 Å². The van der Waals surface area contributed by atoms with Crippen molar-refractivity contribution in [2.45, 2.75) is 31.8 Å². The quantitative estimate of drug-likeness (QED) is 0.524. The number of rotatable bonds is 9. The number of carbonyl (C=O) groups excluding carboxylic acids is 1. The van der Waals surface area contributed by atoms with Crippen LogP contribution in [0.2, 0.25) is 0 Å².